The Kier molecular flexibility index (Phi) is 5.33. The van der Waals surface area contributed by atoms with Crippen LogP contribution in [-0.4, -0.2) is 63.6 Å². The van der Waals surface area contributed by atoms with Crippen molar-refractivity contribution in [2.45, 2.75) is 37.6 Å². The van der Waals surface area contributed by atoms with E-state index in [0.29, 0.717) is 11.4 Å². The second-order valence-electron chi connectivity index (χ2n) is 5.15. The summed E-state index contributed by atoms with van der Waals surface area (Å²) >= 11 is 0. The molecule has 0 bridgehead atoms. The number of amides is 1. The molecule has 2 rings (SSSR count). The molecule has 1 aliphatic heterocycles. The first-order chi connectivity index (χ1) is 10.4. The average Bonchev–Trinajstić information content (AvgIpc) is 2.49. The highest BCUT2D eigenvalue weighted by Crippen LogP contribution is 2.23. The van der Waals surface area contributed by atoms with Crippen LogP contribution in [-0.2, 0) is 9.53 Å². The van der Waals surface area contributed by atoms with Gasteiger partial charge in [-0.3, -0.25) is 4.79 Å². The van der Waals surface area contributed by atoms with Gasteiger partial charge in [-0.1, -0.05) is 0 Å². The highest BCUT2D eigenvalue weighted by Gasteiger charge is 2.43. The third-order valence-corrected chi connectivity index (χ3v) is 3.41. The van der Waals surface area contributed by atoms with Gasteiger partial charge in [-0.2, -0.15) is 0 Å². The van der Waals surface area contributed by atoms with E-state index in [1.54, 1.807) is 24.3 Å². The number of hydrogen-bond acceptors (Lipinski definition) is 7. The van der Waals surface area contributed by atoms with Gasteiger partial charge in [-0.05, 0) is 24.3 Å². The van der Waals surface area contributed by atoms with E-state index >= 15 is 0 Å². The number of carbonyl (C=O) groups is 1. The first-order valence-corrected chi connectivity index (χ1v) is 6.87. The fourth-order valence-corrected chi connectivity index (χ4v) is 2.24. The van der Waals surface area contributed by atoms with E-state index in [2.05, 4.69) is 10.6 Å². The van der Waals surface area contributed by atoms with E-state index in [9.17, 15) is 20.1 Å². The van der Waals surface area contributed by atoms with Gasteiger partial charge in [-0.25, -0.2) is 0 Å². The van der Waals surface area contributed by atoms with Crippen LogP contribution in [0.15, 0.2) is 24.3 Å². The molecule has 1 fully saturated rings. The molecular weight excluding hydrogens is 292 g/mol. The molecule has 1 aliphatic rings. The largest absolute Gasteiger partial charge is 0.394 e. The average molecular weight is 312 g/mol. The van der Waals surface area contributed by atoms with Gasteiger partial charge in [0.15, 0.2) is 6.23 Å². The zero-order valence-corrected chi connectivity index (χ0v) is 12.0. The van der Waals surface area contributed by atoms with Crippen molar-refractivity contribution in [2.24, 2.45) is 0 Å². The van der Waals surface area contributed by atoms with Gasteiger partial charge in [0.05, 0.1) is 6.61 Å². The third kappa shape index (κ3) is 3.73. The van der Waals surface area contributed by atoms with Crippen LogP contribution in [0.5, 0.6) is 0 Å². The fraction of sp³-hybridized carbons (Fsp3) is 0.500. The van der Waals surface area contributed by atoms with E-state index in [-0.39, 0.29) is 5.91 Å². The number of anilines is 2. The number of rotatable bonds is 4. The lowest BCUT2D eigenvalue weighted by Crippen LogP contribution is -2.60. The predicted molar refractivity (Wildman–Crippen MR) is 78.1 cm³/mol. The molecule has 8 heteroatoms. The van der Waals surface area contributed by atoms with Gasteiger partial charge >= 0.3 is 0 Å². The summed E-state index contributed by atoms with van der Waals surface area (Å²) in [7, 11) is 0. The lowest BCUT2D eigenvalue weighted by Gasteiger charge is -2.40. The van der Waals surface area contributed by atoms with Gasteiger partial charge in [0.1, 0.15) is 24.4 Å². The molecular formula is C14H20N2O6. The molecule has 5 atom stereocenters. The minimum atomic E-state index is -1.43. The van der Waals surface area contributed by atoms with Gasteiger partial charge in [0.2, 0.25) is 5.91 Å². The van der Waals surface area contributed by atoms with E-state index in [0.717, 1.165) is 0 Å². The molecule has 0 spiro atoms. The SMILES string of the molecule is CC(=O)Nc1ccc(N[C@@H]2O[C@H](CO)[C@H](O)[C@@H](O)[C@H]2O)cc1. The number of aliphatic hydroxyl groups excluding tert-OH is 4. The zero-order chi connectivity index (χ0) is 16.3. The normalized spacial score (nSPS) is 31.6. The zero-order valence-electron chi connectivity index (χ0n) is 12.0. The molecule has 0 aliphatic carbocycles. The highest BCUT2D eigenvalue weighted by molar-refractivity contribution is 5.88. The topological polar surface area (TPSA) is 131 Å². The van der Waals surface area contributed by atoms with Gasteiger partial charge in [0, 0.05) is 18.3 Å². The van der Waals surface area contributed by atoms with Crippen molar-refractivity contribution in [3.05, 3.63) is 24.3 Å². The summed E-state index contributed by atoms with van der Waals surface area (Å²) in [4.78, 5) is 10.9. The Bertz CT molecular complexity index is 507. The lowest BCUT2D eigenvalue weighted by atomic mass is 9.98. The maximum absolute atomic E-state index is 10.9. The summed E-state index contributed by atoms with van der Waals surface area (Å²) in [6.45, 7) is 0.921. The van der Waals surface area contributed by atoms with Crippen LogP contribution in [0.3, 0.4) is 0 Å². The van der Waals surface area contributed by atoms with Crippen molar-refractivity contribution in [3.63, 3.8) is 0 Å². The molecule has 1 heterocycles. The van der Waals surface area contributed by atoms with Crippen LogP contribution in [0, 0.1) is 0 Å². The monoisotopic (exact) mass is 312 g/mol. The van der Waals surface area contributed by atoms with Crippen molar-refractivity contribution in [1.29, 1.82) is 0 Å². The second-order valence-corrected chi connectivity index (χ2v) is 5.15. The molecule has 8 nitrogen and oxygen atoms in total. The number of nitrogens with one attached hydrogen (secondary N) is 2. The Morgan fingerprint density at radius 1 is 1.09 bits per heavy atom. The van der Waals surface area contributed by atoms with Crippen LogP contribution >= 0.6 is 0 Å². The Morgan fingerprint density at radius 2 is 1.68 bits per heavy atom. The molecule has 6 N–H and O–H groups in total. The van der Waals surface area contributed by atoms with Crippen LogP contribution in [0.4, 0.5) is 11.4 Å². The molecule has 22 heavy (non-hydrogen) atoms. The number of aliphatic hydroxyl groups is 4. The molecule has 122 valence electrons. The highest BCUT2D eigenvalue weighted by atomic mass is 16.6. The molecule has 1 amide bonds. The summed E-state index contributed by atoms with van der Waals surface area (Å²) in [5.41, 5.74) is 1.20. The van der Waals surface area contributed by atoms with Crippen LogP contribution < -0.4 is 10.6 Å². The minimum Gasteiger partial charge on any atom is -0.394 e. The molecule has 0 saturated carbocycles. The van der Waals surface area contributed by atoms with Crippen molar-refractivity contribution < 1.29 is 30.0 Å². The van der Waals surface area contributed by atoms with Crippen LogP contribution in [0.1, 0.15) is 6.92 Å². The maximum atomic E-state index is 10.9. The number of carbonyl (C=O) groups excluding carboxylic acids is 1. The third-order valence-electron chi connectivity index (χ3n) is 3.41. The van der Waals surface area contributed by atoms with Crippen molar-refractivity contribution in [3.8, 4) is 0 Å². The molecule has 0 aromatic heterocycles. The maximum Gasteiger partial charge on any atom is 0.221 e. The van der Waals surface area contributed by atoms with Gasteiger partial charge < -0.3 is 35.8 Å². The fourth-order valence-electron chi connectivity index (χ4n) is 2.24. The van der Waals surface area contributed by atoms with E-state index in [4.69, 9.17) is 9.84 Å². The number of hydrogen-bond donors (Lipinski definition) is 6. The van der Waals surface area contributed by atoms with Crippen molar-refractivity contribution >= 4 is 17.3 Å². The number of benzene rings is 1. The molecule has 1 aromatic carbocycles. The number of ether oxygens (including phenoxy) is 1. The predicted octanol–water partition coefficient (Wildman–Crippen LogP) is -1.14. The van der Waals surface area contributed by atoms with E-state index < -0.39 is 37.3 Å². The van der Waals surface area contributed by atoms with Crippen LogP contribution in [0.2, 0.25) is 0 Å². The van der Waals surface area contributed by atoms with Gasteiger partial charge in [-0.15, -0.1) is 0 Å². The summed E-state index contributed by atoms with van der Waals surface area (Å²) < 4.78 is 5.34. The smallest absolute Gasteiger partial charge is 0.221 e. The summed E-state index contributed by atoms with van der Waals surface area (Å²) in [5.74, 6) is -0.186. The molecule has 1 saturated heterocycles. The Labute approximate surface area is 127 Å². The first-order valence-electron chi connectivity index (χ1n) is 6.87. The van der Waals surface area contributed by atoms with Crippen molar-refractivity contribution in [1.82, 2.24) is 0 Å². The van der Waals surface area contributed by atoms with E-state index in [1.807, 2.05) is 0 Å². The summed E-state index contributed by atoms with van der Waals surface area (Å²) in [5, 5.41) is 43.9. The minimum absolute atomic E-state index is 0.186. The second kappa shape index (κ2) is 7.03. The van der Waals surface area contributed by atoms with Gasteiger partial charge in [0.25, 0.3) is 0 Å². The lowest BCUT2D eigenvalue weighted by molar-refractivity contribution is -0.221. The standard InChI is InChI=1S/C14H20N2O6/c1-7(18)15-8-2-4-9(5-3-8)16-14-13(21)12(20)11(19)10(6-17)22-14/h2-5,10-14,16-17,19-21H,6H2,1H3,(H,15,18)/t10-,11+,12-,13-,14-/m1/s1. The Morgan fingerprint density at radius 3 is 2.23 bits per heavy atom. The first kappa shape index (κ1) is 16.7. The summed E-state index contributed by atoms with van der Waals surface area (Å²) in [6, 6.07) is 6.64. The Balaban J connectivity index is 2.04. The Hall–Kier alpha value is -1.71. The van der Waals surface area contributed by atoms with Crippen LogP contribution in [0.25, 0.3) is 0 Å². The molecule has 1 aromatic rings. The summed E-state index contributed by atoms with van der Waals surface area (Å²) in [6.07, 6.45) is -6.12. The quantitative estimate of drug-likeness (QED) is 0.414. The van der Waals surface area contributed by atoms with Crippen molar-refractivity contribution in [2.75, 3.05) is 17.2 Å². The molecule has 0 radical (unpaired) electrons. The van der Waals surface area contributed by atoms with E-state index in [1.165, 1.54) is 6.92 Å². The molecule has 0 unspecified atom stereocenters.